The molecule has 0 aromatic heterocycles. The predicted octanol–water partition coefficient (Wildman–Crippen LogP) is 3.13. The maximum Gasteiger partial charge on any atom is 0.257 e. The average molecular weight is 359 g/mol. The van der Waals surface area contributed by atoms with Crippen LogP contribution in [0, 0.1) is 0 Å². The van der Waals surface area contributed by atoms with Crippen molar-refractivity contribution in [2.45, 2.75) is 19.4 Å². The fourth-order valence-electron chi connectivity index (χ4n) is 3.09. The van der Waals surface area contributed by atoms with E-state index in [0.717, 1.165) is 0 Å². The molecule has 1 aliphatic rings. The topological polar surface area (TPSA) is 63.7 Å². The molecule has 2 aromatic carbocycles. The first kappa shape index (κ1) is 17.5. The monoisotopic (exact) mass is 359 g/mol. The van der Waals surface area contributed by atoms with Crippen LogP contribution in [0.25, 0.3) is 0 Å². The average Bonchev–Trinajstić information content (AvgIpc) is 2.96. The second kappa shape index (κ2) is 7.27. The quantitative estimate of drug-likeness (QED) is 0.823. The van der Waals surface area contributed by atoms with Crippen molar-refractivity contribution in [1.29, 1.82) is 0 Å². The van der Waals surface area contributed by atoms with Gasteiger partial charge in [-0.2, -0.15) is 0 Å². The molecule has 1 heterocycles. The van der Waals surface area contributed by atoms with E-state index in [4.69, 9.17) is 4.74 Å². The molecule has 0 unspecified atom stereocenters. The Morgan fingerprint density at radius 1 is 1.12 bits per heavy atom. The predicted molar refractivity (Wildman–Crippen MR) is 96.7 cm³/mol. The summed E-state index contributed by atoms with van der Waals surface area (Å²) >= 11 is 0. The van der Waals surface area contributed by atoms with E-state index in [0.29, 0.717) is 30.0 Å². The second-order valence-electron chi connectivity index (χ2n) is 6.06. The molecule has 132 valence electrons. The molecule has 1 atom stereocenters. The lowest BCUT2D eigenvalue weighted by Gasteiger charge is -2.27. The third-order valence-electron chi connectivity index (χ3n) is 4.34. The van der Waals surface area contributed by atoms with Crippen LogP contribution in [0.4, 0.5) is 0 Å². The molecule has 0 aliphatic carbocycles. The number of carbonyl (C=O) groups excluding carboxylic acids is 1. The first-order valence-electron chi connectivity index (χ1n) is 8.33. The Balaban J connectivity index is 1.86. The standard InChI is InChI=1S/C19H21NO4S/c1-2-20(15-12-13-25(22,23)14-15)19(21)17-10-6-7-11-18(17)24-16-8-4-3-5-9-16/h3-11,15H,2,12-14H2,1H3/t15-/m1/s1. The fourth-order valence-corrected chi connectivity index (χ4v) is 4.82. The number of benzene rings is 2. The third kappa shape index (κ3) is 4.02. The summed E-state index contributed by atoms with van der Waals surface area (Å²) < 4.78 is 29.4. The lowest BCUT2D eigenvalue weighted by molar-refractivity contribution is 0.0706. The first-order chi connectivity index (χ1) is 12.0. The van der Waals surface area contributed by atoms with E-state index in [1.54, 1.807) is 23.1 Å². The Labute approximate surface area is 148 Å². The van der Waals surface area contributed by atoms with E-state index in [1.807, 2.05) is 43.3 Å². The largest absolute Gasteiger partial charge is 0.457 e. The zero-order valence-corrected chi connectivity index (χ0v) is 14.9. The van der Waals surface area contributed by atoms with Crippen LogP contribution >= 0.6 is 0 Å². The van der Waals surface area contributed by atoms with E-state index in [-0.39, 0.29) is 23.5 Å². The van der Waals surface area contributed by atoms with Gasteiger partial charge in [-0.3, -0.25) is 4.79 Å². The minimum Gasteiger partial charge on any atom is -0.457 e. The van der Waals surface area contributed by atoms with Crippen LogP contribution in [0.1, 0.15) is 23.7 Å². The Hall–Kier alpha value is -2.34. The van der Waals surface area contributed by atoms with Crippen LogP contribution < -0.4 is 4.74 Å². The Morgan fingerprint density at radius 2 is 1.80 bits per heavy atom. The molecule has 1 aliphatic heterocycles. The highest BCUT2D eigenvalue weighted by atomic mass is 32.2. The molecule has 6 heteroatoms. The van der Waals surface area contributed by atoms with Crippen molar-refractivity contribution in [2.75, 3.05) is 18.1 Å². The van der Waals surface area contributed by atoms with Crippen LogP contribution in [0.5, 0.6) is 11.5 Å². The van der Waals surface area contributed by atoms with Gasteiger partial charge in [0.1, 0.15) is 11.5 Å². The molecule has 5 nitrogen and oxygen atoms in total. The molecule has 2 aromatic rings. The molecule has 0 spiro atoms. The van der Waals surface area contributed by atoms with Crippen molar-refractivity contribution in [1.82, 2.24) is 4.90 Å². The summed E-state index contributed by atoms with van der Waals surface area (Å²) in [5, 5.41) is 0. The number of rotatable bonds is 5. The van der Waals surface area contributed by atoms with Crippen molar-refractivity contribution >= 4 is 15.7 Å². The molecule has 1 fully saturated rings. The molecule has 0 N–H and O–H groups in total. The molecular weight excluding hydrogens is 338 g/mol. The summed E-state index contributed by atoms with van der Waals surface area (Å²) in [6, 6.07) is 16.0. The van der Waals surface area contributed by atoms with E-state index in [9.17, 15) is 13.2 Å². The summed E-state index contributed by atoms with van der Waals surface area (Å²) in [5.74, 6) is 1.10. The van der Waals surface area contributed by atoms with Gasteiger partial charge in [0.25, 0.3) is 5.91 Å². The molecule has 25 heavy (non-hydrogen) atoms. The summed E-state index contributed by atoms with van der Waals surface area (Å²) in [6.07, 6.45) is 0.490. The number of sulfone groups is 1. The molecule has 0 bridgehead atoms. The van der Waals surface area contributed by atoms with E-state index in [2.05, 4.69) is 0 Å². The van der Waals surface area contributed by atoms with Crippen LogP contribution in [0.2, 0.25) is 0 Å². The van der Waals surface area contributed by atoms with Gasteiger partial charge in [0.15, 0.2) is 9.84 Å². The Kier molecular flexibility index (Phi) is 5.08. The van der Waals surface area contributed by atoms with Gasteiger partial charge < -0.3 is 9.64 Å². The molecule has 3 rings (SSSR count). The Bertz CT molecular complexity index is 849. The van der Waals surface area contributed by atoms with Gasteiger partial charge in [-0.25, -0.2) is 8.42 Å². The molecule has 0 radical (unpaired) electrons. The number of carbonyl (C=O) groups is 1. The van der Waals surface area contributed by atoms with Gasteiger partial charge in [0, 0.05) is 12.6 Å². The van der Waals surface area contributed by atoms with Crippen molar-refractivity contribution in [3.63, 3.8) is 0 Å². The zero-order valence-electron chi connectivity index (χ0n) is 14.1. The molecule has 1 amide bonds. The number of nitrogens with zero attached hydrogens (tertiary/aromatic N) is 1. The minimum atomic E-state index is -3.05. The van der Waals surface area contributed by atoms with Crippen LogP contribution in [0.3, 0.4) is 0 Å². The zero-order chi connectivity index (χ0) is 17.9. The van der Waals surface area contributed by atoms with Gasteiger partial charge in [-0.05, 0) is 37.6 Å². The maximum absolute atomic E-state index is 13.0. The van der Waals surface area contributed by atoms with Gasteiger partial charge >= 0.3 is 0 Å². The van der Waals surface area contributed by atoms with Crippen molar-refractivity contribution in [2.24, 2.45) is 0 Å². The maximum atomic E-state index is 13.0. The van der Waals surface area contributed by atoms with Crippen molar-refractivity contribution < 1.29 is 17.9 Å². The van der Waals surface area contributed by atoms with Crippen LogP contribution in [0.15, 0.2) is 54.6 Å². The lowest BCUT2D eigenvalue weighted by atomic mass is 10.1. The van der Waals surface area contributed by atoms with Gasteiger partial charge in [-0.15, -0.1) is 0 Å². The van der Waals surface area contributed by atoms with Crippen LogP contribution in [-0.2, 0) is 9.84 Å². The Morgan fingerprint density at radius 3 is 2.44 bits per heavy atom. The van der Waals surface area contributed by atoms with Crippen molar-refractivity contribution in [3.8, 4) is 11.5 Å². The van der Waals surface area contributed by atoms with Crippen molar-refractivity contribution in [3.05, 3.63) is 60.2 Å². The number of ether oxygens (including phenoxy) is 1. The fraction of sp³-hybridized carbons (Fsp3) is 0.316. The van der Waals surface area contributed by atoms with E-state index in [1.165, 1.54) is 0 Å². The summed E-state index contributed by atoms with van der Waals surface area (Å²) in [4.78, 5) is 14.7. The van der Waals surface area contributed by atoms with Crippen LogP contribution in [-0.4, -0.2) is 43.3 Å². The number of para-hydroxylation sites is 2. The summed E-state index contributed by atoms with van der Waals surface area (Å²) in [5.41, 5.74) is 0.442. The highest BCUT2D eigenvalue weighted by molar-refractivity contribution is 7.91. The summed E-state index contributed by atoms with van der Waals surface area (Å²) in [6.45, 7) is 2.32. The summed E-state index contributed by atoms with van der Waals surface area (Å²) in [7, 11) is -3.05. The highest BCUT2D eigenvalue weighted by Crippen LogP contribution is 2.28. The first-order valence-corrected chi connectivity index (χ1v) is 10.2. The van der Waals surface area contributed by atoms with E-state index >= 15 is 0 Å². The third-order valence-corrected chi connectivity index (χ3v) is 6.09. The SMILES string of the molecule is CCN(C(=O)c1ccccc1Oc1ccccc1)[C@@H]1CCS(=O)(=O)C1. The second-order valence-corrected chi connectivity index (χ2v) is 8.29. The normalized spacial score (nSPS) is 18.7. The number of hydrogen-bond donors (Lipinski definition) is 0. The minimum absolute atomic E-state index is 0.0360. The van der Waals surface area contributed by atoms with Gasteiger partial charge in [0.2, 0.25) is 0 Å². The smallest absolute Gasteiger partial charge is 0.257 e. The number of hydrogen-bond acceptors (Lipinski definition) is 4. The molecule has 0 saturated carbocycles. The van der Waals surface area contributed by atoms with E-state index < -0.39 is 9.84 Å². The molecule has 1 saturated heterocycles. The highest BCUT2D eigenvalue weighted by Gasteiger charge is 2.34. The molecular formula is C19H21NO4S. The lowest BCUT2D eigenvalue weighted by Crippen LogP contribution is -2.41. The number of amides is 1. The van der Waals surface area contributed by atoms with Gasteiger partial charge in [0.05, 0.1) is 17.1 Å². The van der Waals surface area contributed by atoms with Gasteiger partial charge in [-0.1, -0.05) is 30.3 Å².